The van der Waals surface area contributed by atoms with Gasteiger partial charge in [0.25, 0.3) is 0 Å². The van der Waals surface area contributed by atoms with Crippen molar-refractivity contribution in [2.75, 3.05) is 6.67 Å². The van der Waals surface area contributed by atoms with Crippen LogP contribution in [-0.4, -0.2) is 24.2 Å². The van der Waals surface area contributed by atoms with Crippen LogP contribution in [0.4, 0.5) is 39.1 Å². The highest BCUT2D eigenvalue weighted by molar-refractivity contribution is 7.47. The lowest BCUT2D eigenvalue weighted by Crippen LogP contribution is -2.53. The Morgan fingerprint density at radius 2 is 1.21 bits per heavy atom. The third-order valence-electron chi connectivity index (χ3n) is 1.22. The quantitative estimate of drug-likeness (QED) is 0.522. The molecule has 0 amide bonds. The SMILES string of the molecule is FCC(F)(F)C(F)(F)C(F)(F)P(F)F. The summed E-state index contributed by atoms with van der Waals surface area (Å²) in [5, 5.41) is 0. The zero-order valence-electron chi connectivity index (χ0n) is 6.06. The predicted molar refractivity (Wildman–Crippen MR) is 30.0 cm³/mol. The van der Waals surface area contributed by atoms with Crippen molar-refractivity contribution in [3.63, 3.8) is 0 Å². The van der Waals surface area contributed by atoms with E-state index in [1.165, 1.54) is 0 Å². The summed E-state index contributed by atoms with van der Waals surface area (Å²) >= 11 is 0. The summed E-state index contributed by atoms with van der Waals surface area (Å²) in [6.45, 7) is -3.14. The van der Waals surface area contributed by atoms with E-state index in [-0.39, 0.29) is 0 Å². The molecule has 0 unspecified atom stereocenters. The molecule has 0 radical (unpaired) electrons. The normalized spacial score (nSPS) is 15.0. The fourth-order valence-corrected chi connectivity index (χ4v) is 0.786. The molecule has 0 N–H and O–H groups in total. The first-order chi connectivity index (χ1) is 6.00. The Kier molecular flexibility index (Phi) is 3.70. The van der Waals surface area contributed by atoms with Crippen molar-refractivity contribution in [1.29, 1.82) is 0 Å². The van der Waals surface area contributed by atoms with Crippen LogP contribution in [0.5, 0.6) is 0 Å². The highest BCUT2D eigenvalue weighted by Crippen LogP contribution is 2.64. The Morgan fingerprint density at radius 1 is 0.857 bits per heavy atom. The Balaban J connectivity index is 5.14. The van der Waals surface area contributed by atoms with Gasteiger partial charge in [-0.15, -0.1) is 0 Å². The molecule has 0 atom stereocenters. The Labute approximate surface area is 73.1 Å². The van der Waals surface area contributed by atoms with E-state index >= 15 is 0 Å². The minimum Gasteiger partial charge on any atom is -0.244 e. The zero-order valence-corrected chi connectivity index (χ0v) is 6.95. The Morgan fingerprint density at radius 3 is 1.43 bits per heavy atom. The lowest BCUT2D eigenvalue weighted by Gasteiger charge is -2.29. The molecule has 0 aromatic carbocycles. The van der Waals surface area contributed by atoms with E-state index < -0.39 is 32.7 Å². The van der Waals surface area contributed by atoms with Gasteiger partial charge in [0.1, 0.15) is 0 Å². The summed E-state index contributed by atoms with van der Waals surface area (Å²) in [4.78, 5) is 0. The Hall–Kier alpha value is -0.200. The van der Waals surface area contributed by atoms with Gasteiger partial charge in [0, 0.05) is 0 Å². The minimum atomic E-state index is -6.40. The number of alkyl halides is 7. The van der Waals surface area contributed by atoms with Crippen LogP contribution in [0.2, 0.25) is 0 Å². The minimum absolute atomic E-state index is 3.14. The van der Waals surface area contributed by atoms with Gasteiger partial charge in [0.15, 0.2) is 6.67 Å². The van der Waals surface area contributed by atoms with Crippen molar-refractivity contribution in [3.8, 4) is 0 Å². The third-order valence-corrected chi connectivity index (χ3v) is 1.92. The highest BCUT2D eigenvalue weighted by atomic mass is 31.2. The monoisotopic (exact) mass is 252 g/mol. The van der Waals surface area contributed by atoms with Crippen LogP contribution >= 0.6 is 8.54 Å². The standard InChI is InChI=1S/C4H2F9P/c5-1-2(6,7)3(8,9)4(10,11)14(12)13/h1H2. The van der Waals surface area contributed by atoms with Gasteiger partial charge >= 0.3 is 26.1 Å². The van der Waals surface area contributed by atoms with Crippen LogP contribution in [0.3, 0.4) is 0 Å². The van der Waals surface area contributed by atoms with Crippen LogP contribution in [0.25, 0.3) is 0 Å². The number of hydrogen-bond donors (Lipinski definition) is 0. The molecule has 0 rings (SSSR count). The van der Waals surface area contributed by atoms with Crippen LogP contribution in [0.15, 0.2) is 0 Å². The first kappa shape index (κ1) is 13.8. The van der Waals surface area contributed by atoms with E-state index in [2.05, 4.69) is 0 Å². The highest BCUT2D eigenvalue weighted by Gasteiger charge is 2.76. The van der Waals surface area contributed by atoms with Crippen molar-refractivity contribution < 1.29 is 39.1 Å². The summed E-state index contributed by atoms with van der Waals surface area (Å²) in [6.07, 6.45) is 0. The molecule has 0 bridgehead atoms. The maximum atomic E-state index is 12.0. The fraction of sp³-hybridized carbons (Fsp3) is 1.00. The van der Waals surface area contributed by atoms with Crippen molar-refractivity contribution >= 4 is 8.54 Å². The zero-order chi connectivity index (χ0) is 11.8. The molecule has 0 fully saturated rings. The van der Waals surface area contributed by atoms with E-state index in [1.807, 2.05) is 0 Å². The smallest absolute Gasteiger partial charge is 0.244 e. The van der Waals surface area contributed by atoms with Crippen molar-refractivity contribution in [2.24, 2.45) is 0 Å². The predicted octanol–water partition coefficient (Wildman–Crippen LogP) is 4.07. The molecule has 0 aliphatic rings. The van der Waals surface area contributed by atoms with Gasteiger partial charge in [-0.25, -0.2) is 4.39 Å². The number of rotatable bonds is 4. The summed E-state index contributed by atoms with van der Waals surface area (Å²) < 4.78 is 106. The molecule has 0 aliphatic carbocycles. The molecule has 0 spiro atoms. The van der Waals surface area contributed by atoms with Crippen molar-refractivity contribution in [1.82, 2.24) is 0 Å². The average molecular weight is 252 g/mol. The number of halogens is 9. The molecule has 86 valence electrons. The fourth-order valence-electron chi connectivity index (χ4n) is 0.410. The molecule has 0 aromatic rings. The second-order valence-corrected chi connectivity index (χ2v) is 3.21. The molecule has 14 heavy (non-hydrogen) atoms. The van der Waals surface area contributed by atoms with E-state index in [4.69, 9.17) is 0 Å². The average Bonchev–Trinajstić information content (AvgIpc) is 2.03. The molecule has 0 heterocycles. The van der Waals surface area contributed by atoms with Crippen LogP contribution in [0, 0.1) is 0 Å². The maximum Gasteiger partial charge on any atom is 0.392 e. The van der Waals surface area contributed by atoms with Gasteiger partial charge in [-0.1, -0.05) is 0 Å². The number of hydrogen-bond acceptors (Lipinski definition) is 0. The summed E-state index contributed by atoms with van der Waals surface area (Å²) in [7, 11) is -5.63. The van der Waals surface area contributed by atoms with Gasteiger partial charge < -0.3 is 0 Å². The second-order valence-electron chi connectivity index (χ2n) is 2.19. The summed E-state index contributed by atoms with van der Waals surface area (Å²) in [5.74, 6) is -12.2. The van der Waals surface area contributed by atoms with Crippen molar-refractivity contribution in [2.45, 2.75) is 17.5 Å². The lowest BCUT2D eigenvalue weighted by molar-refractivity contribution is -0.284. The van der Waals surface area contributed by atoms with E-state index in [1.54, 1.807) is 0 Å². The topological polar surface area (TPSA) is 0 Å². The summed E-state index contributed by atoms with van der Waals surface area (Å²) in [5.41, 5.74) is -6.21. The molecule has 0 nitrogen and oxygen atoms in total. The molecular formula is C4H2F9P. The molecule has 0 saturated carbocycles. The Bertz CT molecular complexity index is 199. The van der Waals surface area contributed by atoms with Crippen LogP contribution in [-0.2, 0) is 0 Å². The van der Waals surface area contributed by atoms with Gasteiger partial charge in [-0.3, -0.25) is 0 Å². The van der Waals surface area contributed by atoms with Gasteiger partial charge in [-0.05, 0) is 0 Å². The van der Waals surface area contributed by atoms with Gasteiger partial charge in [-0.2, -0.15) is 34.7 Å². The lowest BCUT2D eigenvalue weighted by atomic mass is 10.2. The molecular weight excluding hydrogens is 250 g/mol. The maximum absolute atomic E-state index is 12.0. The van der Waals surface area contributed by atoms with Crippen LogP contribution < -0.4 is 0 Å². The van der Waals surface area contributed by atoms with Crippen molar-refractivity contribution in [3.05, 3.63) is 0 Å². The van der Waals surface area contributed by atoms with E-state index in [9.17, 15) is 39.1 Å². The van der Waals surface area contributed by atoms with Gasteiger partial charge in [0.05, 0.1) is 0 Å². The first-order valence-corrected chi connectivity index (χ1v) is 3.94. The largest absolute Gasteiger partial charge is 0.392 e. The summed E-state index contributed by atoms with van der Waals surface area (Å²) in [6, 6.07) is 0. The molecule has 0 aliphatic heterocycles. The van der Waals surface area contributed by atoms with Crippen LogP contribution in [0.1, 0.15) is 0 Å². The first-order valence-electron chi connectivity index (χ1n) is 2.82. The molecule has 10 heteroatoms. The molecule has 0 saturated heterocycles. The van der Waals surface area contributed by atoms with E-state index in [0.29, 0.717) is 0 Å². The third kappa shape index (κ3) is 1.92. The van der Waals surface area contributed by atoms with E-state index in [0.717, 1.165) is 0 Å². The van der Waals surface area contributed by atoms with Gasteiger partial charge in [0.2, 0.25) is 0 Å². The second kappa shape index (κ2) is 3.75. The molecule has 0 aromatic heterocycles.